The topological polar surface area (TPSA) is 122 Å². The van der Waals surface area contributed by atoms with Gasteiger partial charge in [0.2, 0.25) is 11.8 Å². The lowest BCUT2D eigenvalue weighted by molar-refractivity contribution is -0.133. The van der Waals surface area contributed by atoms with Crippen LogP contribution < -0.4 is 0 Å². The normalized spacial score (nSPS) is 10.7. The fourth-order valence-corrected chi connectivity index (χ4v) is 2.43. The fraction of sp³-hybridized carbons (Fsp3) is 0.875. The molecular formula is C16H32N2O6. The lowest BCUT2D eigenvalue weighted by Crippen LogP contribution is -2.35. The van der Waals surface area contributed by atoms with Crippen LogP contribution in [-0.2, 0) is 9.59 Å². The molecular weight excluding hydrogens is 316 g/mol. The van der Waals surface area contributed by atoms with E-state index in [2.05, 4.69) is 0 Å². The number of nitrogens with zero attached hydrogens (tertiary/aromatic N) is 2. The molecule has 0 spiro atoms. The van der Waals surface area contributed by atoms with Crippen LogP contribution in [0.2, 0.25) is 0 Å². The van der Waals surface area contributed by atoms with E-state index in [0.29, 0.717) is 25.7 Å². The number of carbonyl (C=O) groups is 2. The van der Waals surface area contributed by atoms with Gasteiger partial charge in [0, 0.05) is 39.0 Å². The number of aliphatic hydroxyl groups excluding tert-OH is 4. The Morgan fingerprint density at radius 3 is 1.08 bits per heavy atom. The zero-order valence-corrected chi connectivity index (χ0v) is 14.4. The number of amides is 2. The zero-order valence-electron chi connectivity index (χ0n) is 14.4. The van der Waals surface area contributed by atoms with Gasteiger partial charge in [-0.3, -0.25) is 9.59 Å². The third-order valence-electron chi connectivity index (χ3n) is 3.72. The maximum absolute atomic E-state index is 11.9. The summed E-state index contributed by atoms with van der Waals surface area (Å²) in [4.78, 5) is 26.7. The van der Waals surface area contributed by atoms with Gasteiger partial charge in [0.25, 0.3) is 0 Å². The van der Waals surface area contributed by atoms with E-state index in [1.807, 2.05) is 0 Å². The standard InChI is InChI=1S/C16H32N2O6/c19-11-7-17(8-12-20)15(23)5-3-1-2-4-6-16(24)18(9-13-21)10-14-22/h19-22H,1-14H2. The summed E-state index contributed by atoms with van der Waals surface area (Å²) >= 11 is 0. The Morgan fingerprint density at radius 1 is 0.542 bits per heavy atom. The summed E-state index contributed by atoms with van der Waals surface area (Å²) in [5.74, 6) is -0.155. The first-order chi connectivity index (χ1) is 11.6. The molecule has 0 aromatic carbocycles. The van der Waals surface area contributed by atoms with Crippen molar-refractivity contribution in [2.75, 3.05) is 52.6 Å². The number of hydrogen-bond acceptors (Lipinski definition) is 6. The van der Waals surface area contributed by atoms with Crippen molar-refractivity contribution in [1.82, 2.24) is 9.80 Å². The first kappa shape index (κ1) is 22.8. The average Bonchev–Trinajstić information content (AvgIpc) is 2.57. The maximum atomic E-state index is 11.9. The smallest absolute Gasteiger partial charge is 0.222 e. The van der Waals surface area contributed by atoms with Crippen LogP contribution in [-0.4, -0.2) is 94.6 Å². The molecule has 8 heteroatoms. The molecule has 0 atom stereocenters. The summed E-state index contributed by atoms with van der Waals surface area (Å²) < 4.78 is 0. The molecule has 0 fully saturated rings. The highest BCUT2D eigenvalue weighted by Crippen LogP contribution is 2.09. The van der Waals surface area contributed by atoms with Crippen LogP contribution in [0.4, 0.5) is 0 Å². The largest absolute Gasteiger partial charge is 0.395 e. The third kappa shape index (κ3) is 10.5. The van der Waals surface area contributed by atoms with Gasteiger partial charge in [0.15, 0.2) is 0 Å². The number of unbranched alkanes of at least 4 members (excludes halogenated alkanes) is 3. The van der Waals surface area contributed by atoms with Crippen molar-refractivity contribution in [3.63, 3.8) is 0 Å². The summed E-state index contributed by atoms with van der Waals surface area (Å²) in [5, 5.41) is 35.5. The number of aliphatic hydroxyl groups is 4. The van der Waals surface area contributed by atoms with Gasteiger partial charge in [-0.25, -0.2) is 0 Å². The van der Waals surface area contributed by atoms with E-state index in [9.17, 15) is 9.59 Å². The number of carbonyl (C=O) groups excluding carboxylic acids is 2. The van der Waals surface area contributed by atoms with Gasteiger partial charge in [-0.15, -0.1) is 0 Å². The summed E-state index contributed by atoms with van der Waals surface area (Å²) in [5.41, 5.74) is 0. The molecule has 4 N–H and O–H groups in total. The molecule has 142 valence electrons. The molecule has 0 aromatic rings. The van der Waals surface area contributed by atoms with E-state index in [0.717, 1.165) is 12.8 Å². The van der Waals surface area contributed by atoms with E-state index in [1.165, 1.54) is 9.80 Å². The van der Waals surface area contributed by atoms with Crippen molar-refractivity contribution >= 4 is 11.8 Å². The molecule has 0 unspecified atom stereocenters. The molecule has 2 amide bonds. The molecule has 0 aliphatic rings. The molecule has 0 radical (unpaired) electrons. The zero-order chi connectivity index (χ0) is 18.2. The fourth-order valence-electron chi connectivity index (χ4n) is 2.43. The number of hydrogen-bond donors (Lipinski definition) is 4. The Hall–Kier alpha value is -1.22. The van der Waals surface area contributed by atoms with Crippen molar-refractivity contribution in [2.24, 2.45) is 0 Å². The minimum absolute atomic E-state index is 0.0776. The minimum atomic E-state index is -0.119. The first-order valence-corrected chi connectivity index (χ1v) is 8.59. The van der Waals surface area contributed by atoms with Gasteiger partial charge < -0.3 is 30.2 Å². The summed E-state index contributed by atoms with van der Waals surface area (Å²) in [6.07, 6.45) is 3.80. The van der Waals surface area contributed by atoms with E-state index >= 15 is 0 Å². The van der Waals surface area contributed by atoms with Gasteiger partial charge >= 0.3 is 0 Å². The van der Waals surface area contributed by atoms with Crippen LogP contribution in [0, 0.1) is 0 Å². The predicted molar refractivity (Wildman–Crippen MR) is 89.2 cm³/mol. The summed E-state index contributed by atoms with van der Waals surface area (Å²) in [6.45, 7) is 0.466. The molecule has 8 nitrogen and oxygen atoms in total. The monoisotopic (exact) mass is 348 g/mol. The van der Waals surface area contributed by atoms with Crippen molar-refractivity contribution in [2.45, 2.75) is 38.5 Å². The van der Waals surface area contributed by atoms with Crippen LogP contribution in [0.3, 0.4) is 0 Å². The molecule has 24 heavy (non-hydrogen) atoms. The van der Waals surface area contributed by atoms with Crippen LogP contribution >= 0.6 is 0 Å². The van der Waals surface area contributed by atoms with Crippen LogP contribution in [0.25, 0.3) is 0 Å². The van der Waals surface area contributed by atoms with Crippen LogP contribution in [0.1, 0.15) is 38.5 Å². The molecule has 0 bridgehead atoms. The highest BCUT2D eigenvalue weighted by atomic mass is 16.3. The van der Waals surface area contributed by atoms with Gasteiger partial charge in [0.05, 0.1) is 26.4 Å². The predicted octanol–water partition coefficient (Wildman–Crippen LogP) is -1.05. The summed E-state index contributed by atoms with van der Waals surface area (Å²) in [7, 11) is 0. The Bertz CT molecular complexity index is 297. The Balaban J connectivity index is 3.85. The lowest BCUT2D eigenvalue weighted by atomic mass is 10.1. The van der Waals surface area contributed by atoms with Crippen molar-refractivity contribution in [3.05, 3.63) is 0 Å². The second-order valence-electron chi connectivity index (χ2n) is 5.57. The third-order valence-corrected chi connectivity index (χ3v) is 3.72. The molecule has 0 aliphatic heterocycles. The Labute approximate surface area is 143 Å². The van der Waals surface area contributed by atoms with Gasteiger partial charge in [0.1, 0.15) is 0 Å². The first-order valence-electron chi connectivity index (χ1n) is 8.59. The minimum Gasteiger partial charge on any atom is -0.395 e. The highest BCUT2D eigenvalue weighted by molar-refractivity contribution is 5.76. The Kier molecular flexibility index (Phi) is 14.5. The van der Waals surface area contributed by atoms with Gasteiger partial charge in [-0.2, -0.15) is 0 Å². The van der Waals surface area contributed by atoms with Crippen molar-refractivity contribution in [1.29, 1.82) is 0 Å². The highest BCUT2D eigenvalue weighted by Gasteiger charge is 2.13. The molecule has 0 aliphatic carbocycles. The quantitative estimate of drug-likeness (QED) is 0.280. The lowest BCUT2D eigenvalue weighted by Gasteiger charge is -2.21. The van der Waals surface area contributed by atoms with Crippen LogP contribution in [0.5, 0.6) is 0 Å². The van der Waals surface area contributed by atoms with Crippen LogP contribution in [0.15, 0.2) is 0 Å². The second kappa shape index (κ2) is 15.3. The van der Waals surface area contributed by atoms with Gasteiger partial charge in [-0.05, 0) is 12.8 Å². The van der Waals surface area contributed by atoms with Gasteiger partial charge in [-0.1, -0.05) is 12.8 Å². The molecule has 0 saturated carbocycles. The molecule has 0 heterocycles. The van der Waals surface area contributed by atoms with Crippen molar-refractivity contribution in [3.8, 4) is 0 Å². The van der Waals surface area contributed by atoms with Crippen molar-refractivity contribution < 1.29 is 30.0 Å². The summed E-state index contributed by atoms with van der Waals surface area (Å²) in [6, 6.07) is 0. The number of rotatable bonds is 15. The van der Waals surface area contributed by atoms with E-state index in [1.54, 1.807) is 0 Å². The maximum Gasteiger partial charge on any atom is 0.222 e. The van der Waals surface area contributed by atoms with E-state index in [4.69, 9.17) is 20.4 Å². The SMILES string of the molecule is O=C(CCCCCCC(=O)N(CCO)CCO)N(CCO)CCO. The molecule has 0 saturated heterocycles. The van der Waals surface area contributed by atoms with E-state index in [-0.39, 0.29) is 64.4 Å². The van der Waals surface area contributed by atoms with E-state index < -0.39 is 0 Å². The second-order valence-corrected chi connectivity index (χ2v) is 5.57. The molecule has 0 rings (SSSR count). The average molecular weight is 348 g/mol. The Morgan fingerprint density at radius 2 is 0.833 bits per heavy atom. The molecule has 0 aromatic heterocycles.